The molecular formula is C32H65NO7P+. The van der Waals surface area contributed by atoms with Crippen LogP contribution in [0.15, 0.2) is 12.2 Å². The van der Waals surface area contributed by atoms with Gasteiger partial charge in [0.15, 0.2) is 0 Å². The Morgan fingerprint density at radius 2 is 1.22 bits per heavy atom. The highest BCUT2D eigenvalue weighted by atomic mass is 31.2. The topological polar surface area (TPSA) is 91.3 Å². The van der Waals surface area contributed by atoms with E-state index in [1.54, 1.807) is 13.0 Å². The van der Waals surface area contributed by atoms with Crippen LogP contribution in [0, 0.1) is 0 Å². The second-order valence-electron chi connectivity index (χ2n) is 12.3. The number of carbonyl (C=O) groups excluding carboxylic acids is 1. The largest absolute Gasteiger partial charge is 0.472 e. The lowest BCUT2D eigenvalue weighted by Gasteiger charge is -2.23. The number of quaternary nitrogens is 1. The molecule has 0 rings (SSSR count). The van der Waals surface area contributed by atoms with Crippen molar-refractivity contribution in [2.24, 2.45) is 0 Å². The average Bonchev–Trinajstić information content (AvgIpc) is 2.90. The molecule has 0 amide bonds. The van der Waals surface area contributed by atoms with Gasteiger partial charge in [0.05, 0.1) is 47.5 Å². The molecule has 0 aliphatic rings. The van der Waals surface area contributed by atoms with Crippen molar-refractivity contribution in [3.05, 3.63) is 12.2 Å². The molecule has 0 aliphatic heterocycles. The number of ether oxygens (including phenoxy) is 2. The lowest BCUT2D eigenvalue weighted by Crippen LogP contribution is -2.35. The van der Waals surface area contributed by atoms with Crippen molar-refractivity contribution in [3.8, 4) is 0 Å². The van der Waals surface area contributed by atoms with Crippen molar-refractivity contribution in [1.82, 2.24) is 0 Å². The zero-order valence-electron chi connectivity index (χ0n) is 27.3. The first kappa shape index (κ1) is 40.2. The summed E-state index contributed by atoms with van der Waals surface area (Å²) in [7, 11) is 2.26. The van der Waals surface area contributed by atoms with Gasteiger partial charge in [0.25, 0.3) is 0 Å². The van der Waals surface area contributed by atoms with Gasteiger partial charge in [-0.3, -0.25) is 9.05 Å². The summed E-state index contributed by atoms with van der Waals surface area (Å²) in [5, 5.41) is 0. The number of rotatable bonds is 30. The Bertz CT molecular complexity index is 681. The standard InChI is InChI=1S/C32H64NO7P/c1-6-8-9-10-11-12-13-14-15-16-17-18-20-23-27-37-29-31(40-32(34)25-7-2)30-39-41(35,36)38-28-24-21-19-22-26-33(3,4)5/h7,25,31H,6,8-24,26-30H2,1-5H3/p+1/b25-7+/t31-/m1/s1. The first-order chi connectivity index (χ1) is 19.6. The van der Waals surface area contributed by atoms with E-state index in [-0.39, 0.29) is 19.8 Å². The van der Waals surface area contributed by atoms with E-state index in [1.165, 1.54) is 83.1 Å². The van der Waals surface area contributed by atoms with Gasteiger partial charge in [0, 0.05) is 12.7 Å². The van der Waals surface area contributed by atoms with Gasteiger partial charge in [-0.15, -0.1) is 0 Å². The van der Waals surface area contributed by atoms with Crippen molar-refractivity contribution in [2.75, 3.05) is 54.1 Å². The first-order valence-corrected chi connectivity index (χ1v) is 17.9. The highest BCUT2D eigenvalue weighted by Crippen LogP contribution is 2.43. The molecule has 8 nitrogen and oxygen atoms in total. The molecule has 244 valence electrons. The molecule has 0 aliphatic carbocycles. The summed E-state index contributed by atoms with van der Waals surface area (Å²) < 4.78 is 34.5. The molecule has 0 heterocycles. The van der Waals surface area contributed by atoms with Crippen LogP contribution in [0.5, 0.6) is 0 Å². The number of phosphoric acid groups is 1. The minimum absolute atomic E-state index is 0.105. The zero-order valence-corrected chi connectivity index (χ0v) is 28.2. The van der Waals surface area contributed by atoms with Crippen LogP contribution < -0.4 is 0 Å². The van der Waals surface area contributed by atoms with Gasteiger partial charge in [-0.05, 0) is 32.6 Å². The van der Waals surface area contributed by atoms with E-state index in [2.05, 4.69) is 28.1 Å². The van der Waals surface area contributed by atoms with Gasteiger partial charge in [-0.2, -0.15) is 0 Å². The van der Waals surface area contributed by atoms with Crippen molar-refractivity contribution in [1.29, 1.82) is 0 Å². The van der Waals surface area contributed by atoms with Gasteiger partial charge in [-0.25, -0.2) is 9.36 Å². The maximum atomic E-state index is 12.3. The van der Waals surface area contributed by atoms with E-state index < -0.39 is 19.9 Å². The van der Waals surface area contributed by atoms with E-state index >= 15 is 0 Å². The number of hydrogen-bond donors (Lipinski definition) is 1. The molecule has 0 bridgehead atoms. The fourth-order valence-corrected chi connectivity index (χ4v) is 5.29. The van der Waals surface area contributed by atoms with Crippen LogP contribution in [0.25, 0.3) is 0 Å². The highest BCUT2D eigenvalue weighted by molar-refractivity contribution is 7.47. The van der Waals surface area contributed by atoms with Crippen molar-refractivity contribution < 1.29 is 37.3 Å². The number of nitrogens with zero attached hydrogens (tertiary/aromatic N) is 1. The van der Waals surface area contributed by atoms with Crippen molar-refractivity contribution in [3.63, 3.8) is 0 Å². The fraction of sp³-hybridized carbons (Fsp3) is 0.906. The summed E-state index contributed by atoms with van der Waals surface area (Å²) in [6.45, 7) is 5.62. The molecule has 0 fully saturated rings. The van der Waals surface area contributed by atoms with E-state index in [4.69, 9.17) is 18.5 Å². The van der Waals surface area contributed by atoms with E-state index in [0.717, 1.165) is 43.1 Å². The van der Waals surface area contributed by atoms with Crippen LogP contribution >= 0.6 is 7.82 Å². The van der Waals surface area contributed by atoms with Gasteiger partial charge in [0.2, 0.25) is 0 Å². The third-order valence-electron chi connectivity index (χ3n) is 6.93. The molecule has 1 unspecified atom stereocenters. The quantitative estimate of drug-likeness (QED) is 0.0289. The van der Waals surface area contributed by atoms with E-state index in [9.17, 15) is 14.3 Å². The normalized spacial score (nSPS) is 14.4. The van der Waals surface area contributed by atoms with Gasteiger partial charge in [-0.1, -0.05) is 103 Å². The molecule has 0 spiro atoms. The third kappa shape index (κ3) is 30.5. The van der Waals surface area contributed by atoms with Crippen molar-refractivity contribution in [2.45, 2.75) is 136 Å². The number of carbonyl (C=O) groups is 1. The number of allylic oxidation sites excluding steroid dienone is 1. The van der Waals surface area contributed by atoms with Crippen LogP contribution in [-0.4, -0.2) is 75.6 Å². The highest BCUT2D eigenvalue weighted by Gasteiger charge is 2.25. The third-order valence-corrected chi connectivity index (χ3v) is 7.92. The lowest BCUT2D eigenvalue weighted by molar-refractivity contribution is -0.870. The maximum Gasteiger partial charge on any atom is 0.472 e. The summed E-state index contributed by atoms with van der Waals surface area (Å²) in [4.78, 5) is 22.0. The smallest absolute Gasteiger partial charge is 0.454 e. The van der Waals surface area contributed by atoms with Crippen LogP contribution in [-0.2, 0) is 27.9 Å². The Morgan fingerprint density at radius 3 is 1.73 bits per heavy atom. The molecule has 1 N–H and O–H groups in total. The molecule has 2 atom stereocenters. The summed E-state index contributed by atoms with van der Waals surface area (Å²) in [5.74, 6) is -0.538. The monoisotopic (exact) mass is 606 g/mol. The Kier molecular flexibility index (Phi) is 26.3. The molecule has 0 saturated heterocycles. The number of unbranched alkanes of at least 4 members (excludes halogenated alkanes) is 16. The maximum absolute atomic E-state index is 12.3. The van der Waals surface area contributed by atoms with Gasteiger partial charge < -0.3 is 18.9 Å². The summed E-state index contributed by atoms with van der Waals surface area (Å²) in [6, 6.07) is 0. The van der Waals surface area contributed by atoms with Gasteiger partial charge in [0.1, 0.15) is 6.10 Å². The second-order valence-corrected chi connectivity index (χ2v) is 13.7. The minimum Gasteiger partial charge on any atom is -0.454 e. The van der Waals surface area contributed by atoms with Crippen LogP contribution in [0.1, 0.15) is 129 Å². The number of phosphoric ester groups is 1. The Morgan fingerprint density at radius 1 is 0.732 bits per heavy atom. The fourth-order valence-electron chi connectivity index (χ4n) is 4.51. The molecule has 0 saturated carbocycles. The lowest BCUT2D eigenvalue weighted by atomic mass is 10.0. The Labute approximate surface area is 252 Å². The predicted molar refractivity (Wildman–Crippen MR) is 169 cm³/mol. The van der Waals surface area contributed by atoms with Crippen LogP contribution in [0.2, 0.25) is 0 Å². The molecular weight excluding hydrogens is 541 g/mol. The molecule has 0 aromatic carbocycles. The van der Waals surface area contributed by atoms with E-state index in [1.807, 2.05) is 0 Å². The Balaban J connectivity index is 4.00. The molecule has 0 aromatic rings. The van der Waals surface area contributed by atoms with Crippen LogP contribution in [0.3, 0.4) is 0 Å². The molecule has 41 heavy (non-hydrogen) atoms. The minimum atomic E-state index is -4.23. The predicted octanol–water partition coefficient (Wildman–Crippen LogP) is 8.37. The van der Waals surface area contributed by atoms with Gasteiger partial charge >= 0.3 is 13.8 Å². The van der Waals surface area contributed by atoms with Crippen molar-refractivity contribution >= 4 is 13.8 Å². The average molecular weight is 607 g/mol. The zero-order chi connectivity index (χ0) is 30.7. The first-order valence-electron chi connectivity index (χ1n) is 16.4. The number of hydrogen-bond acceptors (Lipinski definition) is 6. The summed E-state index contributed by atoms with van der Waals surface area (Å²) in [6.07, 6.45) is 24.0. The SMILES string of the molecule is C/C=C/C(=O)O[C@H](COCCCCCCCCCCCCCCCC)COP(=O)(O)OCCCCCC[N+](C)(C)C. The molecule has 0 radical (unpaired) electrons. The Hall–Kier alpha value is -0.760. The second kappa shape index (κ2) is 26.8. The summed E-state index contributed by atoms with van der Waals surface area (Å²) >= 11 is 0. The molecule has 9 heteroatoms. The van der Waals surface area contributed by atoms with E-state index in [0.29, 0.717) is 13.0 Å². The summed E-state index contributed by atoms with van der Waals surface area (Å²) in [5.41, 5.74) is 0. The van der Waals surface area contributed by atoms with Crippen LogP contribution in [0.4, 0.5) is 0 Å². The number of esters is 1. The molecule has 0 aromatic heterocycles.